The molecule has 0 aliphatic heterocycles. The van der Waals surface area contributed by atoms with Crippen molar-refractivity contribution in [3.63, 3.8) is 0 Å². The van der Waals surface area contributed by atoms with Gasteiger partial charge in [0.05, 0.1) is 12.8 Å². The van der Waals surface area contributed by atoms with Gasteiger partial charge in [-0.15, -0.1) is 0 Å². The summed E-state index contributed by atoms with van der Waals surface area (Å²) in [5.74, 6) is -0.652. The monoisotopic (exact) mass is 235 g/mol. The average molecular weight is 235 g/mol. The van der Waals surface area contributed by atoms with Crippen LogP contribution in [0.15, 0.2) is 36.4 Å². The minimum Gasteiger partial charge on any atom is -0.497 e. The highest BCUT2D eigenvalue weighted by molar-refractivity contribution is 5.77. The summed E-state index contributed by atoms with van der Waals surface area (Å²) in [5, 5.41) is 0. The molecule has 0 unspecified atom stereocenters. The van der Waals surface area contributed by atoms with Crippen molar-refractivity contribution in [3.05, 3.63) is 48.0 Å². The zero-order valence-corrected chi connectivity index (χ0v) is 9.21. The SMILES string of the molecule is COc1ccc(-c2cccc(F)c2N)c(F)c1. The molecule has 4 heteroatoms. The molecule has 0 aromatic heterocycles. The Morgan fingerprint density at radius 2 is 1.76 bits per heavy atom. The lowest BCUT2D eigenvalue weighted by Gasteiger charge is -2.09. The summed E-state index contributed by atoms with van der Waals surface area (Å²) in [4.78, 5) is 0. The summed E-state index contributed by atoms with van der Waals surface area (Å²) >= 11 is 0. The molecule has 0 amide bonds. The number of para-hydroxylation sites is 1. The molecule has 0 aliphatic rings. The Morgan fingerprint density at radius 1 is 1.00 bits per heavy atom. The number of hydrogen-bond acceptors (Lipinski definition) is 2. The van der Waals surface area contributed by atoms with Crippen LogP contribution >= 0.6 is 0 Å². The zero-order chi connectivity index (χ0) is 12.4. The van der Waals surface area contributed by atoms with Crippen LogP contribution in [0.5, 0.6) is 5.75 Å². The molecule has 0 atom stereocenters. The molecule has 0 aliphatic carbocycles. The summed E-state index contributed by atoms with van der Waals surface area (Å²) in [6, 6.07) is 8.65. The summed E-state index contributed by atoms with van der Waals surface area (Å²) in [6.45, 7) is 0. The molecule has 2 aromatic carbocycles. The van der Waals surface area contributed by atoms with Gasteiger partial charge in [-0.3, -0.25) is 0 Å². The van der Waals surface area contributed by atoms with Gasteiger partial charge in [0, 0.05) is 17.2 Å². The average Bonchev–Trinajstić information content (AvgIpc) is 2.33. The maximum atomic E-state index is 13.8. The Balaban J connectivity index is 2.57. The minimum absolute atomic E-state index is 0.0587. The molecule has 0 heterocycles. The van der Waals surface area contributed by atoms with E-state index in [9.17, 15) is 8.78 Å². The van der Waals surface area contributed by atoms with Crippen molar-refractivity contribution in [2.24, 2.45) is 0 Å². The van der Waals surface area contributed by atoms with E-state index in [1.54, 1.807) is 12.1 Å². The van der Waals surface area contributed by atoms with Crippen molar-refractivity contribution < 1.29 is 13.5 Å². The molecule has 17 heavy (non-hydrogen) atoms. The number of methoxy groups -OCH3 is 1. The molecule has 0 bridgehead atoms. The predicted molar refractivity (Wildman–Crippen MR) is 62.8 cm³/mol. The van der Waals surface area contributed by atoms with Crippen molar-refractivity contribution in [2.75, 3.05) is 12.8 Å². The minimum atomic E-state index is -0.558. The fourth-order valence-corrected chi connectivity index (χ4v) is 1.61. The number of rotatable bonds is 2. The van der Waals surface area contributed by atoms with Crippen molar-refractivity contribution in [1.29, 1.82) is 0 Å². The lowest BCUT2D eigenvalue weighted by Crippen LogP contribution is -1.96. The highest BCUT2D eigenvalue weighted by Crippen LogP contribution is 2.31. The van der Waals surface area contributed by atoms with Gasteiger partial charge in [0.1, 0.15) is 17.4 Å². The summed E-state index contributed by atoms with van der Waals surface area (Å²) in [5.41, 5.74) is 6.11. The second-order valence-corrected chi connectivity index (χ2v) is 3.55. The van der Waals surface area contributed by atoms with E-state index >= 15 is 0 Å². The Labute approximate surface area is 97.6 Å². The van der Waals surface area contributed by atoms with Gasteiger partial charge in [0.2, 0.25) is 0 Å². The molecular weight excluding hydrogens is 224 g/mol. The molecular formula is C13H11F2NO. The first-order valence-corrected chi connectivity index (χ1v) is 5.01. The van der Waals surface area contributed by atoms with Crippen molar-refractivity contribution in [2.45, 2.75) is 0 Å². The van der Waals surface area contributed by atoms with Crippen molar-refractivity contribution in [1.82, 2.24) is 0 Å². The van der Waals surface area contributed by atoms with E-state index in [2.05, 4.69) is 0 Å². The van der Waals surface area contributed by atoms with E-state index in [0.717, 1.165) is 0 Å². The van der Waals surface area contributed by atoms with Gasteiger partial charge >= 0.3 is 0 Å². The number of nitrogen functional groups attached to an aromatic ring is 1. The van der Waals surface area contributed by atoms with Gasteiger partial charge in [0.25, 0.3) is 0 Å². The molecule has 88 valence electrons. The van der Waals surface area contributed by atoms with Crippen LogP contribution in [-0.2, 0) is 0 Å². The summed E-state index contributed by atoms with van der Waals surface area (Å²) in [6.07, 6.45) is 0. The molecule has 0 saturated carbocycles. The van der Waals surface area contributed by atoms with Gasteiger partial charge in [-0.25, -0.2) is 8.78 Å². The first-order chi connectivity index (χ1) is 8.13. The summed E-state index contributed by atoms with van der Waals surface area (Å²) in [7, 11) is 1.45. The molecule has 0 radical (unpaired) electrons. The number of hydrogen-bond donors (Lipinski definition) is 1. The second-order valence-electron chi connectivity index (χ2n) is 3.55. The fraction of sp³-hybridized carbons (Fsp3) is 0.0769. The van der Waals surface area contributed by atoms with Crippen LogP contribution in [0.25, 0.3) is 11.1 Å². The first kappa shape index (κ1) is 11.4. The Hall–Kier alpha value is -2.10. The third kappa shape index (κ3) is 2.06. The maximum Gasteiger partial charge on any atom is 0.146 e. The van der Waals surface area contributed by atoms with Crippen molar-refractivity contribution in [3.8, 4) is 16.9 Å². The third-order valence-corrected chi connectivity index (χ3v) is 2.52. The van der Waals surface area contributed by atoms with Gasteiger partial charge in [0.15, 0.2) is 0 Å². The smallest absolute Gasteiger partial charge is 0.146 e. The van der Waals surface area contributed by atoms with E-state index in [0.29, 0.717) is 11.3 Å². The van der Waals surface area contributed by atoms with Crippen LogP contribution < -0.4 is 10.5 Å². The molecule has 0 spiro atoms. The maximum absolute atomic E-state index is 13.8. The molecule has 0 saturated heterocycles. The Bertz CT molecular complexity index is 555. The number of benzene rings is 2. The topological polar surface area (TPSA) is 35.2 Å². The predicted octanol–water partition coefficient (Wildman–Crippen LogP) is 3.22. The van der Waals surface area contributed by atoms with E-state index in [1.807, 2.05) is 0 Å². The van der Waals surface area contributed by atoms with Crippen LogP contribution in [0.2, 0.25) is 0 Å². The Kier molecular flexibility index (Phi) is 2.95. The normalized spacial score (nSPS) is 10.3. The van der Waals surface area contributed by atoms with Crippen LogP contribution in [0, 0.1) is 11.6 Å². The number of ether oxygens (including phenoxy) is 1. The van der Waals surface area contributed by atoms with Crippen LogP contribution in [0.3, 0.4) is 0 Å². The summed E-state index contributed by atoms with van der Waals surface area (Å²) < 4.78 is 31.9. The molecule has 2 aromatic rings. The van der Waals surface area contributed by atoms with Gasteiger partial charge < -0.3 is 10.5 Å². The van der Waals surface area contributed by atoms with E-state index in [-0.39, 0.29) is 11.3 Å². The highest BCUT2D eigenvalue weighted by Gasteiger charge is 2.11. The molecule has 2 rings (SSSR count). The zero-order valence-electron chi connectivity index (χ0n) is 9.21. The first-order valence-electron chi connectivity index (χ1n) is 5.01. The van der Waals surface area contributed by atoms with Crippen molar-refractivity contribution >= 4 is 5.69 Å². The standard InChI is InChI=1S/C13H11F2NO/c1-17-8-5-6-9(12(15)7-8)10-3-2-4-11(14)13(10)16/h2-7H,16H2,1H3. The number of halogens is 2. The van der Waals surface area contributed by atoms with Crippen LogP contribution in [-0.4, -0.2) is 7.11 Å². The molecule has 2 N–H and O–H groups in total. The van der Waals surface area contributed by atoms with E-state index in [1.165, 1.54) is 31.4 Å². The number of nitrogens with two attached hydrogens (primary N) is 1. The fourth-order valence-electron chi connectivity index (χ4n) is 1.61. The lowest BCUT2D eigenvalue weighted by atomic mass is 10.0. The van der Waals surface area contributed by atoms with Crippen LogP contribution in [0.1, 0.15) is 0 Å². The quantitative estimate of drug-likeness (QED) is 0.811. The Morgan fingerprint density at radius 3 is 2.41 bits per heavy atom. The van der Waals surface area contributed by atoms with Gasteiger partial charge in [-0.05, 0) is 18.2 Å². The van der Waals surface area contributed by atoms with Gasteiger partial charge in [-0.1, -0.05) is 12.1 Å². The molecule has 2 nitrogen and oxygen atoms in total. The largest absolute Gasteiger partial charge is 0.497 e. The second kappa shape index (κ2) is 4.41. The third-order valence-electron chi connectivity index (χ3n) is 2.52. The highest BCUT2D eigenvalue weighted by atomic mass is 19.1. The molecule has 0 fully saturated rings. The van der Waals surface area contributed by atoms with Gasteiger partial charge in [-0.2, -0.15) is 0 Å². The van der Waals surface area contributed by atoms with Crippen LogP contribution in [0.4, 0.5) is 14.5 Å². The number of anilines is 1. The van der Waals surface area contributed by atoms with E-state index in [4.69, 9.17) is 10.5 Å². The van der Waals surface area contributed by atoms with E-state index < -0.39 is 11.6 Å². The lowest BCUT2D eigenvalue weighted by molar-refractivity contribution is 0.411.